The van der Waals surface area contributed by atoms with Crippen molar-refractivity contribution in [3.8, 4) is 0 Å². The van der Waals surface area contributed by atoms with Gasteiger partial charge in [0.05, 0.1) is 0 Å². The molecule has 1 heteroatoms. The molecule has 120 valence electrons. The van der Waals surface area contributed by atoms with Crippen LogP contribution in [0.2, 0.25) is 0 Å². The summed E-state index contributed by atoms with van der Waals surface area (Å²) in [5.41, 5.74) is 7.67. The Morgan fingerprint density at radius 2 is 1.38 bits per heavy atom. The Balaban J connectivity index is 2.29. The lowest BCUT2D eigenvalue weighted by Gasteiger charge is -2.31. The van der Waals surface area contributed by atoms with Gasteiger partial charge in [-0.3, -0.25) is 0 Å². The molecule has 1 aromatic rings. The zero-order valence-corrected chi connectivity index (χ0v) is 14.4. The zero-order valence-electron chi connectivity index (χ0n) is 14.4. The summed E-state index contributed by atoms with van der Waals surface area (Å²) in [5, 5.41) is 0. The average molecular weight is 290 g/mol. The fourth-order valence-corrected chi connectivity index (χ4v) is 3.14. The van der Waals surface area contributed by atoms with Crippen LogP contribution in [-0.2, 0) is 0 Å². The van der Waals surface area contributed by atoms with Gasteiger partial charge in [-0.1, -0.05) is 88.6 Å². The first-order valence-electron chi connectivity index (χ1n) is 8.89. The van der Waals surface area contributed by atoms with E-state index in [1.165, 1.54) is 63.4 Å². The van der Waals surface area contributed by atoms with Crippen molar-refractivity contribution in [2.45, 2.75) is 90.0 Å². The van der Waals surface area contributed by atoms with Crippen LogP contribution in [0.3, 0.4) is 0 Å². The fourth-order valence-electron chi connectivity index (χ4n) is 3.14. The average Bonchev–Trinajstić information content (AvgIpc) is 2.45. The molecule has 0 saturated carbocycles. The molecule has 1 atom stereocenters. The summed E-state index contributed by atoms with van der Waals surface area (Å²) in [7, 11) is 0. The first kappa shape index (κ1) is 18.2. The molecule has 0 heterocycles. The predicted molar refractivity (Wildman–Crippen MR) is 94.7 cm³/mol. The van der Waals surface area contributed by atoms with Crippen molar-refractivity contribution in [1.29, 1.82) is 0 Å². The van der Waals surface area contributed by atoms with Gasteiger partial charge >= 0.3 is 0 Å². The molecule has 0 bridgehead atoms. The summed E-state index contributed by atoms with van der Waals surface area (Å²) in [5.74, 6) is 0.471. The third-order valence-corrected chi connectivity index (χ3v) is 4.45. The minimum atomic E-state index is -0.136. The highest BCUT2D eigenvalue weighted by Gasteiger charge is 2.25. The summed E-state index contributed by atoms with van der Waals surface area (Å²) >= 11 is 0. The van der Waals surface area contributed by atoms with Crippen LogP contribution in [0.25, 0.3) is 0 Å². The smallest absolute Gasteiger partial charge is 0.0166 e. The third kappa shape index (κ3) is 7.66. The summed E-state index contributed by atoms with van der Waals surface area (Å²) in [6.07, 6.45) is 12.2. The largest absolute Gasteiger partial charge is 0.325 e. The van der Waals surface area contributed by atoms with E-state index in [0.29, 0.717) is 5.92 Å². The molecule has 2 N–H and O–H groups in total. The third-order valence-electron chi connectivity index (χ3n) is 4.45. The van der Waals surface area contributed by atoms with E-state index in [4.69, 9.17) is 5.73 Å². The van der Waals surface area contributed by atoms with Gasteiger partial charge in [0.1, 0.15) is 0 Å². The lowest BCUT2D eigenvalue weighted by molar-refractivity contribution is 0.376. The fraction of sp³-hybridized carbons (Fsp3) is 0.700. The standard InChI is InChI=1S/C20H35N/c1-4-5-6-7-8-9-10-14-17-19(20(2,3)21)18-15-12-11-13-16-18/h11-13,15-16,19H,4-10,14,17,21H2,1-3H3. The normalized spacial score (nSPS) is 13.3. The van der Waals surface area contributed by atoms with E-state index >= 15 is 0 Å². The van der Waals surface area contributed by atoms with E-state index in [2.05, 4.69) is 51.1 Å². The molecule has 0 aliphatic rings. The van der Waals surface area contributed by atoms with Crippen LogP contribution in [0.4, 0.5) is 0 Å². The summed E-state index contributed by atoms with van der Waals surface area (Å²) in [6.45, 7) is 6.60. The number of hydrogen-bond donors (Lipinski definition) is 1. The second kappa shape index (κ2) is 10.00. The summed E-state index contributed by atoms with van der Waals surface area (Å²) in [6, 6.07) is 10.8. The van der Waals surface area contributed by atoms with E-state index in [9.17, 15) is 0 Å². The number of unbranched alkanes of at least 4 members (excludes halogenated alkanes) is 7. The van der Waals surface area contributed by atoms with Gasteiger partial charge in [-0.15, -0.1) is 0 Å². The number of rotatable bonds is 11. The van der Waals surface area contributed by atoms with Crippen LogP contribution in [-0.4, -0.2) is 5.54 Å². The van der Waals surface area contributed by atoms with Gasteiger partial charge in [-0.05, 0) is 25.8 Å². The SMILES string of the molecule is CCCCCCCCCCC(c1ccccc1)C(C)(C)N. The molecule has 0 spiro atoms. The highest BCUT2D eigenvalue weighted by Crippen LogP contribution is 2.31. The molecular weight excluding hydrogens is 254 g/mol. The van der Waals surface area contributed by atoms with Gasteiger partial charge in [0.15, 0.2) is 0 Å². The molecule has 1 aromatic carbocycles. The number of hydrogen-bond acceptors (Lipinski definition) is 1. The van der Waals surface area contributed by atoms with Crippen LogP contribution in [0.1, 0.15) is 90.0 Å². The molecule has 0 aliphatic carbocycles. The molecule has 1 rings (SSSR count). The Morgan fingerprint density at radius 1 is 0.857 bits per heavy atom. The molecule has 0 aromatic heterocycles. The van der Waals surface area contributed by atoms with E-state index in [1.807, 2.05) is 0 Å². The summed E-state index contributed by atoms with van der Waals surface area (Å²) < 4.78 is 0. The Labute approximate surface area is 132 Å². The molecule has 1 nitrogen and oxygen atoms in total. The monoisotopic (exact) mass is 289 g/mol. The minimum absolute atomic E-state index is 0.136. The lowest BCUT2D eigenvalue weighted by atomic mass is 9.79. The van der Waals surface area contributed by atoms with Crippen molar-refractivity contribution in [1.82, 2.24) is 0 Å². The van der Waals surface area contributed by atoms with Gasteiger partial charge in [-0.25, -0.2) is 0 Å². The van der Waals surface area contributed by atoms with E-state index in [-0.39, 0.29) is 5.54 Å². The van der Waals surface area contributed by atoms with E-state index in [1.54, 1.807) is 0 Å². The number of nitrogens with two attached hydrogens (primary N) is 1. The predicted octanol–water partition coefficient (Wildman–Crippen LogP) is 6.04. The molecule has 0 saturated heterocycles. The molecule has 1 unspecified atom stereocenters. The van der Waals surface area contributed by atoms with Crippen molar-refractivity contribution >= 4 is 0 Å². The van der Waals surface area contributed by atoms with Gasteiger partial charge in [-0.2, -0.15) is 0 Å². The Kier molecular flexibility index (Phi) is 8.68. The molecule has 0 fully saturated rings. The zero-order chi connectivity index (χ0) is 15.6. The van der Waals surface area contributed by atoms with Gasteiger partial charge in [0.25, 0.3) is 0 Å². The van der Waals surface area contributed by atoms with Gasteiger partial charge in [0.2, 0.25) is 0 Å². The van der Waals surface area contributed by atoms with E-state index in [0.717, 1.165) is 0 Å². The maximum atomic E-state index is 6.41. The lowest BCUT2D eigenvalue weighted by Crippen LogP contribution is -2.39. The summed E-state index contributed by atoms with van der Waals surface area (Å²) in [4.78, 5) is 0. The molecule has 0 amide bonds. The quantitative estimate of drug-likeness (QED) is 0.494. The van der Waals surface area contributed by atoms with Crippen molar-refractivity contribution in [2.24, 2.45) is 5.73 Å². The van der Waals surface area contributed by atoms with Crippen molar-refractivity contribution in [2.75, 3.05) is 0 Å². The second-order valence-electron chi connectivity index (χ2n) is 7.05. The first-order chi connectivity index (χ1) is 10.1. The maximum absolute atomic E-state index is 6.41. The van der Waals surface area contributed by atoms with Gasteiger partial charge in [0, 0.05) is 11.5 Å². The maximum Gasteiger partial charge on any atom is 0.0166 e. The Hall–Kier alpha value is -0.820. The van der Waals surface area contributed by atoms with Crippen LogP contribution in [0.5, 0.6) is 0 Å². The van der Waals surface area contributed by atoms with Crippen LogP contribution >= 0.6 is 0 Å². The molecule has 21 heavy (non-hydrogen) atoms. The highest BCUT2D eigenvalue weighted by molar-refractivity contribution is 5.22. The Morgan fingerprint density at radius 3 is 1.90 bits per heavy atom. The first-order valence-corrected chi connectivity index (χ1v) is 8.89. The molecule has 0 radical (unpaired) electrons. The van der Waals surface area contributed by atoms with Crippen molar-refractivity contribution in [3.63, 3.8) is 0 Å². The minimum Gasteiger partial charge on any atom is -0.325 e. The molecular formula is C20H35N. The highest BCUT2D eigenvalue weighted by atomic mass is 14.7. The number of benzene rings is 1. The van der Waals surface area contributed by atoms with Crippen molar-refractivity contribution < 1.29 is 0 Å². The van der Waals surface area contributed by atoms with Crippen molar-refractivity contribution in [3.05, 3.63) is 35.9 Å². The van der Waals surface area contributed by atoms with Crippen LogP contribution in [0.15, 0.2) is 30.3 Å². The van der Waals surface area contributed by atoms with E-state index < -0.39 is 0 Å². The van der Waals surface area contributed by atoms with Gasteiger partial charge < -0.3 is 5.73 Å². The molecule has 0 aliphatic heterocycles. The second-order valence-corrected chi connectivity index (χ2v) is 7.05. The van der Waals surface area contributed by atoms with Crippen LogP contribution in [0, 0.1) is 0 Å². The Bertz CT molecular complexity index is 350. The van der Waals surface area contributed by atoms with Crippen LogP contribution < -0.4 is 5.73 Å². The topological polar surface area (TPSA) is 26.0 Å².